The lowest BCUT2D eigenvalue weighted by Crippen LogP contribution is -2.40. The van der Waals surface area contributed by atoms with E-state index in [1.165, 1.54) is 11.1 Å². The molecular weight excluding hydrogens is 336 g/mol. The Hall–Kier alpha value is -2.95. The maximum absolute atomic E-state index is 13.1. The lowest BCUT2D eigenvalue weighted by atomic mass is 9.98. The minimum absolute atomic E-state index is 0.0449. The molecule has 0 spiro atoms. The van der Waals surface area contributed by atoms with E-state index in [4.69, 9.17) is 4.98 Å². The van der Waals surface area contributed by atoms with Crippen LogP contribution in [0.25, 0.3) is 11.0 Å². The molecule has 1 amide bonds. The molecule has 0 aliphatic carbocycles. The molecule has 1 fully saturated rings. The van der Waals surface area contributed by atoms with Crippen LogP contribution >= 0.6 is 0 Å². The average Bonchev–Trinajstić information content (AvgIpc) is 3.23. The number of amides is 1. The highest BCUT2D eigenvalue weighted by atomic mass is 16.2. The number of carbonyl (C=O) groups excluding carboxylic acids is 1. The van der Waals surface area contributed by atoms with Gasteiger partial charge in [-0.05, 0) is 36.1 Å². The third-order valence-electron chi connectivity index (χ3n) is 5.74. The first-order valence-electron chi connectivity index (χ1n) is 9.60. The van der Waals surface area contributed by atoms with Crippen LogP contribution in [0.2, 0.25) is 0 Å². The second kappa shape index (κ2) is 6.65. The Kier molecular flexibility index (Phi) is 4.00. The summed E-state index contributed by atoms with van der Waals surface area (Å²) < 4.78 is 0. The Morgan fingerprint density at radius 3 is 2.63 bits per heavy atom. The van der Waals surface area contributed by atoms with E-state index in [-0.39, 0.29) is 11.8 Å². The molecule has 2 aliphatic heterocycles. The van der Waals surface area contributed by atoms with Gasteiger partial charge >= 0.3 is 0 Å². The molecule has 1 atom stereocenters. The largest absolute Gasteiger partial charge is 0.354 e. The van der Waals surface area contributed by atoms with Crippen molar-refractivity contribution in [2.45, 2.75) is 19.4 Å². The van der Waals surface area contributed by atoms with Gasteiger partial charge in [-0.2, -0.15) is 0 Å². The summed E-state index contributed by atoms with van der Waals surface area (Å²) in [6.07, 6.45) is 3.66. The number of hydrogen-bond acceptors (Lipinski definition) is 4. The highest BCUT2D eigenvalue weighted by molar-refractivity contribution is 5.81. The summed E-state index contributed by atoms with van der Waals surface area (Å²) in [5.41, 5.74) is 4.46. The molecule has 0 bridgehead atoms. The zero-order chi connectivity index (χ0) is 18.2. The van der Waals surface area contributed by atoms with Crippen LogP contribution in [-0.4, -0.2) is 40.4 Å². The molecule has 1 saturated heterocycles. The van der Waals surface area contributed by atoms with E-state index >= 15 is 0 Å². The Labute approximate surface area is 158 Å². The van der Waals surface area contributed by atoms with E-state index < -0.39 is 0 Å². The number of para-hydroxylation sites is 2. The summed E-state index contributed by atoms with van der Waals surface area (Å²) in [6.45, 7) is 3.14. The van der Waals surface area contributed by atoms with Crippen LogP contribution < -0.4 is 4.90 Å². The van der Waals surface area contributed by atoms with Gasteiger partial charge < -0.3 is 9.80 Å². The number of carbonyl (C=O) groups is 1. The van der Waals surface area contributed by atoms with E-state index in [1.54, 1.807) is 0 Å². The third-order valence-corrected chi connectivity index (χ3v) is 5.74. The molecule has 1 unspecified atom stereocenters. The number of fused-ring (bicyclic) bond motifs is 2. The van der Waals surface area contributed by atoms with Crippen molar-refractivity contribution in [2.75, 3.05) is 24.5 Å². The van der Waals surface area contributed by atoms with Gasteiger partial charge in [0.05, 0.1) is 23.1 Å². The zero-order valence-electron chi connectivity index (χ0n) is 15.2. The molecule has 3 heterocycles. The van der Waals surface area contributed by atoms with Gasteiger partial charge in [-0.25, -0.2) is 4.98 Å². The number of hydrogen-bond donors (Lipinski definition) is 0. The van der Waals surface area contributed by atoms with E-state index in [0.717, 1.165) is 55.9 Å². The quantitative estimate of drug-likeness (QED) is 0.707. The van der Waals surface area contributed by atoms with Crippen LogP contribution in [0.5, 0.6) is 0 Å². The van der Waals surface area contributed by atoms with Gasteiger partial charge in [0.2, 0.25) is 5.91 Å². The van der Waals surface area contributed by atoms with E-state index in [1.807, 2.05) is 35.4 Å². The van der Waals surface area contributed by atoms with Crippen LogP contribution in [0.1, 0.15) is 17.5 Å². The summed E-state index contributed by atoms with van der Waals surface area (Å²) in [4.78, 5) is 26.5. The molecule has 2 aliphatic rings. The van der Waals surface area contributed by atoms with Gasteiger partial charge in [0.25, 0.3) is 0 Å². The Morgan fingerprint density at radius 2 is 1.74 bits per heavy atom. The van der Waals surface area contributed by atoms with Crippen LogP contribution in [0.4, 0.5) is 5.82 Å². The van der Waals surface area contributed by atoms with Crippen molar-refractivity contribution in [3.05, 3.63) is 65.9 Å². The molecule has 5 heteroatoms. The molecule has 0 radical (unpaired) electrons. The Bertz CT molecular complexity index is 1000. The fourth-order valence-corrected chi connectivity index (χ4v) is 4.21. The van der Waals surface area contributed by atoms with Gasteiger partial charge in [-0.1, -0.05) is 36.4 Å². The lowest BCUT2D eigenvalue weighted by Gasteiger charge is -2.31. The Balaban J connectivity index is 1.29. The van der Waals surface area contributed by atoms with E-state index in [0.29, 0.717) is 0 Å². The fourth-order valence-electron chi connectivity index (χ4n) is 4.21. The third kappa shape index (κ3) is 3.03. The highest BCUT2D eigenvalue weighted by Crippen LogP contribution is 2.27. The zero-order valence-corrected chi connectivity index (χ0v) is 15.2. The predicted molar refractivity (Wildman–Crippen MR) is 105 cm³/mol. The molecule has 3 aromatic rings. The van der Waals surface area contributed by atoms with Crippen LogP contribution in [0, 0.1) is 5.92 Å². The van der Waals surface area contributed by atoms with Gasteiger partial charge in [0.15, 0.2) is 0 Å². The lowest BCUT2D eigenvalue weighted by molar-refractivity contribution is -0.135. The molecule has 0 saturated carbocycles. The molecule has 5 rings (SSSR count). The summed E-state index contributed by atoms with van der Waals surface area (Å²) in [6, 6.07) is 16.3. The summed E-state index contributed by atoms with van der Waals surface area (Å²) >= 11 is 0. The van der Waals surface area contributed by atoms with Crippen LogP contribution in [0.3, 0.4) is 0 Å². The standard InChI is InChI=1S/C22H22N4O/c27-22(26-12-9-16-5-1-2-6-17(16)14-26)18-10-11-25(15-18)21-13-23-19-7-3-4-8-20(19)24-21/h1-8,13,18H,9-12,14-15H2. The molecule has 1 aromatic heterocycles. The van der Waals surface area contributed by atoms with E-state index in [2.05, 4.69) is 34.1 Å². The first-order valence-corrected chi connectivity index (χ1v) is 9.60. The number of nitrogens with zero attached hydrogens (tertiary/aromatic N) is 4. The first kappa shape index (κ1) is 16.2. The normalized spacial score (nSPS) is 19.3. The molecule has 2 aromatic carbocycles. The van der Waals surface area contributed by atoms with Crippen molar-refractivity contribution in [1.29, 1.82) is 0 Å². The summed E-state index contributed by atoms with van der Waals surface area (Å²) in [5, 5.41) is 0. The topological polar surface area (TPSA) is 49.3 Å². The van der Waals surface area contributed by atoms with Crippen molar-refractivity contribution >= 4 is 22.8 Å². The number of rotatable bonds is 2. The minimum Gasteiger partial charge on any atom is -0.354 e. The Morgan fingerprint density at radius 1 is 0.963 bits per heavy atom. The first-order chi connectivity index (χ1) is 13.3. The maximum atomic E-state index is 13.1. The smallest absolute Gasteiger partial charge is 0.227 e. The molecule has 136 valence electrons. The van der Waals surface area contributed by atoms with Crippen molar-refractivity contribution in [3.8, 4) is 0 Å². The second-order valence-electron chi connectivity index (χ2n) is 7.43. The second-order valence-corrected chi connectivity index (χ2v) is 7.43. The highest BCUT2D eigenvalue weighted by Gasteiger charge is 2.33. The molecule has 0 N–H and O–H groups in total. The summed E-state index contributed by atoms with van der Waals surface area (Å²) in [7, 11) is 0. The fraction of sp³-hybridized carbons (Fsp3) is 0.318. The predicted octanol–water partition coefficient (Wildman–Crippen LogP) is 3.04. The monoisotopic (exact) mass is 358 g/mol. The van der Waals surface area contributed by atoms with Crippen molar-refractivity contribution in [1.82, 2.24) is 14.9 Å². The SMILES string of the molecule is O=C(C1CCN(c2cnc3ccccc3n2)C1)N1CCc2ccccc2C1. The summed E-state index contributed by atoms with van der Waals surface area (Å²) in [5.74, 6) is 1.19. The van der Waals surface area contributed by atoms with Gasteiger partial charge in [-0.15, -0.1) is 0 Å². The number of anilines is 1. The minimum atomic E-state index is 0.0449. The van der Waals surface area contributed by atoms with Gasteiger partial charge in [0, 0.05) is 26.2 Å². The molecule has 5 nitrogen and oxygen atoms in total. The van der Waals surface area contributed by atoms with E-state index in [9.17, 15) is 4.79 Å². The van der Waals surface area contributed by atoms with Crippen LogP contribution in [0.15, 0.2) is 54.7 Å². The van der Waals surface area contributed by atoms with Crippen LogP contribution in [-0.2, 0) is 17.8 Å². The van der Waals surface area contributed by atoms with Crippen molar-refractivity contribution < 1.29 is 4.79 Å². The van der Waals surface area contributed by atoms with Crippen molar-refractivity contribution in [3.63, 3.8) is 0 Å². The van der Waals surface area contributed by atoms with Gasteiger partial charge in [-0.3, -0.25) is 9.78 Å². The molecule has 27 heavy (non-hydrogen) atoms. The van der Waals surface area contributed by atoms with Gasteiger partial charge in [0.1, 0.15) is 5.82 Å². The maximum Gasteiger partial charge on any atom is 0.227 e. The average molecular weight is 358 g/mol. The molecular formula is C22H22N4O. The van der Waals surface area contributed by atoms with Crippen molar-refractivity contribution in [2.24, 2.45) is 5.92 Å². The number of aromatic nitrogens is 2. The number of benzene rings is 2.